The highest BCUT2D eigenvalue weighted by atomic mass is 35.5. The molecule has 0 saturated carbocycles. The summed E-state index contributed by atoms with van der Waals surface area (Å²) in [5.41, 5.74) is 1.90. The van der Waals surface area contributed by atoms with E-state index in [-0.39, 0.29) is 18.3 Å². The number of ether oxygens (including phenoxy) is 1. The molecule has 1 aliphatic rings. The number of anilines is 2. The van der Waals surface area contributed by atoms with Gasteiger partial charge in [0, 0.05) is 24.5 Å². The van der Waals surface area contributed by atoms with Crippen LogP contribution in [0.2, 0.25) is 0 Å². The molecule has 1 fully saturated rings. The third-order valence-electron chi connectivity index (χ3n) is 3.25. The van der Waals surface area contributed by atoms with E-state index in [1.54, 1.807) is 12.1 Å². The molecule has 1 aromatic heterocycles. The molecular weight excluding hydrogens is 292 g/mol. The minimum absolute atomic E-state index is 0. The highest BCUT2D eigenvalue weighted by molar-refractivity contribution is 6.02. The summed E-state index contributed by atoms with van der Waals surface area (Å²) in [5.74, 6) is 0.0661. The fraction of sp³-hybridized carbons (Fsp3) is 0.267. The molecule has 1 N–H and O–H groups in total. The van der Waals surface area contributed by atoms with Crippen LogP contribution in [0.5, 0.6) is 0 Å². The molecule has 5 nitrogen and oxygen atoms in total. The van der Waals surface area contributed by atoms with Crippen molar-refractivity contribution in [2.45, 2.75) is 0 Å². The van der Waals surface area contributed by atoms with Crippen LogP contribution in [0, 0.1) is 0 Å². The lowest BCUT2D eigenvalue weighted by Crippen LogP contribution is -2.36. The van der Waals surface area contributed by atoms with Crippen LogP contribution >= 0.6 is 12.4 Å². The molecule has 1 amide bonds. The number of nitrogens with zero attached hydrogens (tertiary/aromatic N) is 1. The minimum atomic E-state index is -0.242. The van der Waals surface area contributed by atoms with Crippen LogP contribution in [-0.2, 0) is 4.74 Å². The lowest BCUT2D eigenvalue weighted by atomic mass is 10.2. The Bertz CT molecular complexity index is 563. The van der Waals surface area contributed by atoms with Gasteiger partial charge in [-0.3, -0.25) is 4.79 Å². The molecule has 0 atom stereocenters. The average Bonchev–Trinajstić information content (AvgIpc) is 3.03. The van der Waals surface area contributed by atoms with E-state index >= 15 is 0 Å². The van der Waals surface area contributed by atoms with Gasteiger partial charge in [-0.15, -0.1) is 12.4 Å². The van der Waals surface area contributed by atoms with Gasteiger partial charge in [0.1, 0.15) is 0 Å². The van der Waals surface area contributed by atoms with Crippen molar-refractivity contribution in [3.63, 3.8) is 0 Å². The number of halogens is 1. The predicted molar refractivity (Wildman–Crippen MR) is 83.4 cm³/mol. The maximum atomic E-state index is 11.8. The second-order valence-electron chi connectivity index (χ2n) is 4.58. The van der Waals surface area contributed by atoms with Crippen molar-refractivity contribution in [3.05, 3.63) is 48.4 Å². The Hall–Kier alpha value is -1.98. The van der Waals surface area contributed by atoms with Crippen LogP contribution in [0.15, 0.2) is 47.1 Å². The van der Waals surface area contributed by atoms with Gasteiger partial charge in [0.25, 0.3) is 5.91 Å². The number of hydrogen-bond acceptors (Lipinski definition) is 4. The average molecular weight is 309 g/mol. The van der Waals surface area contributed by atoms with E-state index in [0.29, 0.717) is 5.76 Å². The monoisotopic (exact) mass is 308 g/mol. The number of furan rings is 1. The number of nitrogens with one attached hydrogen (secondary N) is 1. The number of amides is 1. The molecule has 0 bridgehead atoms. The van der Waals surface area contributed by atoms with Gasteiger partial charge in [0.2, 0.25) is 0 Å². The first kappa shape index (κ1) is 15.4. The van der Waals surface area contributed by atoms with E-state index < -0.39 is 0 Å². The molecule has 21 heavy (non-hydrogen) atoms. The Balaban J connectivity index is 0.00000161. The number of carbonyl (C=O) groups is 1. The van der Waals surface area contributed by atoms with Crippen molar-refractivity contribution in [2.75, 3.05) is 36.5 Å². The Morgan fingerprint density at radius 1 is 1.10 bits per heavy atom. The van der Waals surface area contributed by atoms with Crippen molar-refractivity contribution in [1.29, 1.82) is 0 Å². The Labute approximate surface area is 129 Å². The molecule has 0 aliphatic carbocycles. The maximum absolute atomic E-state index is 11.8. The molecule has 0 spiro atoms. The van der Waals surface area contributed by atoms with Gasteiger partial charge in [-0.05, 0) is 36.4 Å². The summed E-state index contributed by atoms with van der Waals surface area (Å²) in [6, 6.07) is 11.1. The minimum Gasteiger partial charge on any atom is -0.459 e. The van der Waals surface area contributed by atoms with Gasteiger partial charge in [-0.25, -0.2) is 0 Å². The molecule has 2 aromatic rings. The van der Waals surface area contributed by atoms with E-state index in [0.717, 1.165) is 37.7 Å². The topological polar surface area (TPSA) is 54.7 Å². The zero-order chi connectivity index (χ0) is 13.8. The highest BCUT2D eigenvalue weighted by Crippen LogP contribution is 2.19. The van der Waals surface area contributed by atoms with E-state index in [2.05, 4.69) is 10.2 Å². The van der Waals surface area contributed by atoms with Crippen molar-refractivity contribution < 1.29 is 13.9 Å². The van der Waals surface area contributed by atoms with Crippen molar-refractivity contribution in [1.82, 2.24) is 0 Å². The van der Waals surface area contributed by atoms with E-state index in [4.69, 9.17) is 9.15 Å². The smallest absolute Gasteiger partial charge is 0.291 e. The van der Waals surface area contributed by atoms with E-state index in [1.807, 2.05) is 24.3 Å². The number of benzene rings is 1. The summed E-state index contributed by atoms with van der Waals surface area (Å²) in [6.45, 7) is 3.32. The quantitative estimate of drug-likeness (QED) is 0.947. The Morgan fingerprint density at radius 3 is 2.43 bits per heavy atom. The molecule has 1 saturated heterocycles. The number of carbonyl (C=O) groups excluding carboxylic acids is 1. The van der Waals surface area contributed by atoms with Crippen LogP contribution in [0.3, 0.4) is 0 Å². The Morgan fingerprint density at radius 2 is 1.81 bits per heavy atom. The second kappa shape index (κ2) is 7.15. The standard InChI is InChI=1S/C15H16N2O3.ClH/c18-15(14-2-1-9-20-14)16-12-3-5-13(6-4-12)17-7-10-19-11-8-17;/h1-6,9H,7-8,10-11H2,(H,16,18);1H. The fourth-order valence-electron chi connectivity index (χ4n) is 2.18. The first-order valence-electron chi connectivity index (χ1n) is 6.60. The number of hydrogen-bond donors (Lipinski definition) is 1. The van der Waals surface area contributed by atoms with E-state index in [1.165, 1.54) is 6.26 Å². The number of rotatable bonds is 3. The molecule has 2 heterocycles. The molecule has 1 aromatic carbocycles. The van der Waals surface area contributed by atoms with Crippen LogP contribution in [0.25, 0.3) is 0 Å². The van der Waals surface area contributed by atoms with Gasteiger partial charge < -0.3 is 19.4 Å². The van der Waals surface area contributed by atoms with Crippen molar-refractivity contribution in [3.8, 4) is 0 Å². The van der Waals surface area contributed by atoms with Gasteiger partial charge in [0.05, 0.1) is 19.5 Å². The van der Waals surface area contributed by atoms with Crippen LogP contribution in [0.1, 0.15) is 10.6 Å². The second-order valence-corrected chi connectivity index (χ2v) is 4.58. The maximum Gasteiger partial charge on any atom is 0.291 e. The zero-order valence-electron chi connectivity index (χ0n) is 11.5. The molecular formula is C15H17ClN2O3. The summed E-state index contributed by atoms with van der Waals surface area (Å²) >= 11 is 0. The molecule has 6 heteroatoms. The summed E-state index contributed by atoms with van der Waals surface area (Å²) in [7, 11) is 0. The largest absolute Gasteiger partial charge is 0.459 e. The first-order valence-corrected chi connectivity index (χ1v) is 6.60. The molecule has 0 radical (unpaired) electrons. The lowest BCUT2D eigenvalue weighted by molar-refractivity contribution is 0.0996. The van der Waals surface area contributed by atoms with Crippen LogP contribution in [-0.4, -0.2) is 32.2 Å². The summed E-state index contributed by atoms with van der Waals surface area (Å²) < 4.78 is 10.4. The molecule has 1 aliphatic heterocycles. The normalized spacial score (nSPS) is 14.4. The third kappa shape index (κ3) is 3.77. The van der Waals surface area contributed by atoms with Gasteiger partial charge in [-0.2, -0.15) is 0 Å². The van der Waals surface area contributed by atoms with Crippen molar-refractivity contribution in [2.24, 2.45) is 0 Å². The van der Waals surface area contributed by atoms with Crippen LogP contribution < -0.4 is 10.2 Å². The van der Waals surface area contributed by atoms with Gasteiger partial charge >= 0.3 is 0 Å². The fourth-order valence-corrected chi connectivity index (χ4v) is 2.18. The summed E-state index contributed by atoms with van der Waals surface area (Å²) in [6.07, 6.45) is 1.48. The molecule has 0 unspecified atom stereocenters. The molecule has 3 rings (SSSR count). The Kier molecular flexibility index (Phi) is 5.25. The summed E-state index contributed by atoms with van der Waals surface area (Å²) in [5, 5.41) is 2.80. The van der Waals surface area contributed by atoms with Crippen LogP contribution in [0.4, 0.5) is 11.4 Å². The predicted octanol–water partition coefficient (Wildman–Crippen LogP) is 2.79. The first-order chi connectivity index (χ1) is 9.83. The summed E-state index contributed by atoms with van der Waals surface area (Å²) in [4.78, 5) is 14.1. The van der Waals surface area contributed by atoms with Gasteiger partial charge in [-0.1, -0.05) is 0 Å². The third-order valence-corrected chi connectivity index (χ3v) is 3.25. The SMILES string of the molecule is Cl.O=C(Nc1ccc(N2CCOCC2)cc1)c1ccco1. The van der Waals surface area contributed by atoms with Crippen molar-refractivity contribution >= 4 is 29.7 Å². The number of morpholine rings is 1. The lowest BCUT2D eigenvalue weighted by Gasteiger charge is -2.28. The van der Waals surface area contributed by atoms with Gasteiger partial charge in [0.15, 0.2) is 5.76 Å². The van der Waals surface area contributed by atoms with E-state index in [9.17, 15) is 4.79 Å². The molecule has 112 valence electrons. The highest BCUT2D eigenvalue weighted by Gasteiger charge is 2.12. The zero-order valence-corrected chi connectivity index (χ0v) is 12.3.